The lowest BCUT2D eigenvalue weighted by Gasteiger charge is -2.64. The van der Waals surface area contributed by atoms with Crippen molar-refractivity contribution in [2.24, 2.45) is 69.0 Å². The molecule has 0 spiro atoms. The molecule has 0 aromatic rings. The summed E-state index contributed by atoms with van der Waals surface area (Å²) in [5.74, 6) is 2.84. The average molecular weight is 663 g/mol. The number of nitrogens with one attached hydrogen (secondary N) is 2. The summed E-state index contributed by atoms with van der Waals surface area (Å²) in [4.78, 5) is 25.9. The van der Waals surface area contributed by atoms with Gasteiger partial charge in [-0.1, -0.05) is 48.0 Å². The number of rotatable bonds is 8. The molecule has 0 aromatic carbocycles. The highest BCUT2D eigenvalue weighted by molar-refractivity contribution is 7.90. The van der Waals surface area contributed by atoms with Crippen LogP contribution in [-0.4, -0.2) is 55.0 Å². The molecule has 13 atom stereocenters. The highest BCUT2D eigenvalue weighted by atomic mass is 32.2. The maximum Gasteiger partial charge on any atom is 0.328 e. The van der Waals surface area contributed by atoms with Gasteiger partial charge >= 0.3 is 6.03 Å². The Hall–Kier alpha value is -1.19. The number of amides is 2. The number of hydrogen-bond donors (Lipinski definition) is 4. The van der Waals surface area contributed by atoms with Crippen molar-refractivity contribution in [1.29, 1.82) is 0 Å². The molecule has 2 bridgehead atoms. The minimum Gasteiger partial charge on any atom is -0.393 e. The number of carbonyl (C=O) groups excluding carboxylic acids is 2. The van der Waals surface area contributed by atoms with Gasteiger partial charge in [-0.05, 0) is 134 Å². The molecule has 9 heteroatoms. The van der Waals surface area contributed by atoms with Crippen molar-refractivity contribution in [1.82, 2.24) is 10.0 Å². The Morgan fingerprint density at radius 2 is 1.63 bits per heavy atom. The molecule has 8 nitrogen and oxygen atoms in total. The number of fused-ring (bicyclic) bond motifs is 7. The van der Waals surface area contributed by atoms with Crippen LogP contribution >= 0.6 is 0 Å². The number of ketones is 1. The Labute approximate surface area is 278 Å². The van der Waals surface area contributed by atoms with Gasteiger partial charge in [-0.2, -0.15) is 0 Å². The summed E-state index contributed by atoms with van der Waals surface area (Å²) in [6.07, 6.45) is 11.2. The van der Waals surface area contributed by atoms with Gasteiger partial charge in [-0.15, -0.1) is 0 Å². The average Bonchev–Trinajstić information content (AvgIpc) is 3.38. The molecule has 0 heterocycles. The van der Waals surface area contributed by atoms with Crippen LogP contribution in [-0.2, 0) is 14.8 Å². The van der Waals surface area contributed by atoms with Gasteiger partial charge in [-0.25, -0.2) is 17.9 Å². The summed E-state index contributed by atoms with van der Waals surface area (Å²) in [7, 11) is -3.98. The predicted molar refractivity (Wildman–Crippen MR) is 179 cm³/mol. The maximum absolute atomic E-state index is 13.2. The van der Waals surface area contributed by atoms with E-state index in [-0.39, 0.29) is 45.9 Å². The summed E-state index contributed by atoms with van der Waals surface area (Å²) in [5, 5.41) is 25.4. The third kappa shape index (κ3) is 5.30. The van der Waals surface area contributed by atoms with Crippen molar-refractivity contribution >= 4 is 21.8 Å². The lowest BCUT2D eigenvalue weighted by Crippen LogP contribution is -2.62. The molecule has 1 unspecified atom stereocenters. The fraction of sp³-hybridized carbons (Fsp3) is 0.946. The van der Waals surface area contributed by atoms with E-state index in [2.05, 4.69) is 37.7 Å². The zero-order valence-electron chi connectivity index (χ0n) is 29.3. The molecule has 262 valence electrons. The maximum atomic E-state index is 13.2. The molecule has 0 aliphatic heterocycles. The van der Waals surface area contributed by atoms with Gasteiger partial charge < -0.3 is 15.5 Å². The first-order valence-electron chi connectivity index (χ1n) is 18.7. The van der Waals surface area contributed by atoms with E-state index >= 15 is 0 Å². The van der Waals surface area contributed by atoms with Crippen LogP contribution in [0.2, 0.25) is 0 Å². The summed E-state index contributed by atoms with van der Waals surface area (Å²) < 4.78 is 28.6. The van der Waals surface area contributed by atoms with E-state index in [0.29, 0.717) is 60.8 Å². The van der Waals surface area contributed by atoms with Gasteiger partial charge in [0.1, 0.15) is 5.78 Å². The molecule has 0 aromatic heterocycles. The van der Waals surface area contributed by atoms with Crippen LogP contribution in [0.1, 0.15) is 125 Å². The third-order valence-electron chi connectivity index (χ3n) is 16.1. The Bertz CT molecular complexity index is 1300. The van der Waals surface area contributed by atoms with Crippen LogP contribution in [0.4, 0.5) is 4.79 Å². The fourth-order valence-electron chi connectivity index (χ4n) is 13.5. The lowest BCUT2D eigenvalue weighted by molar-refractivity contribution is -0.203. The largest absolute Gasteiger partial charge is 0.393 e. The van der Waals surface area contributed by atoms with Gasteiger partial charge in [0.2, 0.25) is 10.0 Å². The molecule has 6 fully saturated rings. The Kier molecular flexibility index (Phi) is 9.04. The monoisotopic (exact) mass is 662 g/mol. The first-order chi connectivity index (χ1) is 21.5. The topological polar surface area (TPSA) is 133 Å². The van der Waals surface area contributed by atoms with Crippen molar-refractivity contribution in [2.75, 3.05) is 12.3 Å². The van der Waals surface area contributed by atoms with Crippen molar-refractivity contribution in [3.63, 3.8) is 0 Å². The minimum absolute atomic E-state index is 0.0284. The molecule has 6 rings (SSSR count). The normalized spacial score (nSPS) is 47.0. The summed E-state index contributed by atoms with van der Waals surface area (Å²) >= 11 is 0. The first-order valence-corrected chi connectivity index (χ1v) is 20.3. The van der Waals surface area contributed by atoms with Gasteiger partial charge in [0, 0.05) is 13.0 Å². The predicted octanol–water partition coefficient (Wildman–Crippen LogP) is 6.05. The minimum atomic E-state index is -3.98. The van der Waals surface area contributed by atoms with Crippen molar-refractivity contribution < 1.29 is 28.2 Å². The van der Waals surface area contributed by atoms with Crippen molar-refractivity contribution in [3.8, 4) is 0 Å². The highest BCUT2D eigenvalue weighted by Crippen LogP contribution is 2.69. The van der Waals surface area contributed by atoms with Crippen LogP contribution in [0.25, 0.3) is 0 Å². The smallest absolute Gasteiger partial charge is 0.328 e. The van der Waals surface area contributed by atoms with Crippen molar-refractivity contribution in [2.45, 2.75) is 137 Å². The number of sulfonamides is 1. The van der Waals surface area contributed by atoms with E-state index in [1.165, 1.54) is 0 Å². The SMILES string of the molecule is CC[C@H]1[C@@H](O)[C@@H]2[C@H](CC[C@]3(C)[C@@H]([C@H](C)CCNC(=O)NS(=O)(=O)C[C@@]45CCC(CCC4=O)C5(C)C)CC[C@@H]23)[C@@]2(C)CC[C@@H](O)C[C@@H]12. The summed E-state index contributed by atoms with van der Waals surface area (Å²) in [6.45, 7) is 13.9. The number of hydrogen-bond acceptors (Lipinski definition) is 6. The standard InChI is InChI=1S/C37H62N2O6S/c1-7-25-29-20-24(40)13-16-36(29,6)28-14-17-35(5)26(9-10-27(35)31(28)32(25)42)22(2)15-19-38-33(43)39-46(44,45)21-37-18-12-23(34(37,3)4)8-11-30(37)41/h22-29,31-32,40,42H,7-21H2,1-6H3,(H2,38,39,43)/t22-,23?,24-,25-,26-,27+,28+,29+,31+,32-,35-,36-,37+/m1/s1. The number of aliphatic hydroxyl groups excluding tert-OH is 2. The van der Waals surface area contributed by atoms with Gasteiger partial charge in [0.25, 0.3) is 0 Å². The lowest BCUT2D eigenvalue weighted by atomic mass is 9.41. The molecule has 6 saturated carbocycles. The first kappa shape index (κ1) is 34.7. The van der Waals surface area contributed by atoms with E-state index < -0.39 is 21.5 Å². The number of carbonyl (C=O) groups is 2. The zero-order valence-corrected chi connectivity index (χ0v) is 30.1. The van der Waals surface area contributed by atoms with E-state index in [1.807, 2.05) is 13.8 Å². The van der Waals surface area contributed by atoms with Crippen LogP contribution in [0.5, 0.6) is 0 Å². The van der Waals surface area contributed by atoms with Crippen LogP contribution < -0.4 is 10.0 Å². The van der Waals surface area contributed by atoms with Crippen LogP contribution in [0.3, 0.4) is 0 Å². The summed E-state index contributed by atoms with van der Waals surface area (Å²) in [5.41, 5.74) is -0.976. The molecule has 0 saturated heterocycles. The molecule has 0 radical (unpaired) electrons. The van der Waals surface area contributed by atoms with E-state index in [0.717, 1.165) is 70.6 Å². The molecule has 46 heavy (non-hydrogen) atoms. The van der Waals surface area contributed by atoms with E-state index in [9.17, 15) is 28.2 Å². The Morgan fingerprint density at radius 1 is 0.935 bits per heavy atom. The van der Waals surface area contributed by atoms with Gasteiger partial charge in [-0.3, -0.25) is 4.79 Å². The van der Waals surface area contributed by atoms with Crippen LogP contribution in [0, 0.1) is 69.0 Å². The molecule has 4 N–H and O–H groups in total. The summed E-state index contributed by atoms with van der Waals surface area (Å²) in [6, 6.07) is -0.702. The number of aliphatic hydroxyl groups is 2. The molecular weight excluding hydrogens is 600 g/mol. The molecule has 2 amide bonds. The highest BCUT2D eigenvalue weighted by Gasteiger charge is 2.65. The number of urea groups is 1. The number of Topliss-reactive ketones (excluding diaryl/α,β-unsaturated/α-hetero) is 1. The van der Waals surface area contributed by atoms with Crippen LogP contribution in [0.15, 0.2) is 0 Å². The van der Waals surface area contributed by atoms with E-state index in [4.69, 9.17) is 0 Å². The second-order valence-electron chi connectivity index (χ2n) is 18.0. The molecule has 6 aliphatic rings. The molecular formula is C37H62N2O6S. The Balaban J connectivity index is 1.06. The van der Waals surface area contributed by atoms with Gasteiger partial charge in [0.15, 0.2) is 0 Å². The third-order valence-corrected chi connectivity index (χ3v) is 17.5. The second kappa shape index (κ2) is 12.0. The molecule has 6 aliphatic carbocycles. The second-order valence-corrected chi connectivity index (χ2v) is 19.7. The fourth-order valence-corrected chi connectivity index (χ4v) is 15.2. The van der Waals surface area contributed by atoms with Crippen molar-refractivity contribution in [3.05, 3.63) is 0 Å². The van der Waals surface area contributed by atoms with E-state index in [1.54, 1.807) is 0 Å². The zero-order chi connectivity index (χ0) is 33.4. The quantitative estimate of drug-likeness (QED) is 0.250. The van der Waals surface area contributed by atoms with Gasteiger partial charge in [0.05, 0.1) is 23.4 Å². The Morgan fingerprint density at radius 3 is 2.35 bits per heavy atom.